The zero-order chi connectivity index (χ0) is 9.35. The fourth-order valence-corrected chi connectivity index (χ4v) is 1.24. The van der Waals surface area contributed by atoms with E-state index in [1.165, 1.54) is 0 Å². The van der Waals surface area contributed by atoms with Crippen molar-refractivity contribution in [3.63, 3.8) is 0 Å². The van der Waals surface area contributed by atoms with Crippen molar-refractivity contribution in [1.82, 2.24) is 9.78 Å². The van der Waals surface area contributed by atoms with Gasteiger partial charge >= 0.3 is 0 Å². The van der Waals surface area contributed by atoms with E-state index in [1.54, 1.807) is 13.8 Å². The van der Waals surface area contributed by atoms with Gasteiger partial charge in [-0.15, -0.1) is 0 Å². The van der Waals surface area contributed by atoms with E-state index in [-0.39, 0.29) is 0 Å². The first-order chi connectivity index (χ1) is 5.40. The Morgan fingerprint density at radius 3 is 2.50 bits per heavy atom. The van der Waals surface area contributed by atoms with Crippen molar-refractivity contribution in [2.75, 3.05) is 0 Å². The van der Waals surface area contributed by atoms with Gasteiger partial charge in [-0.3, -0.25) is 4.68 Å². The summed E-state index contributed by atoms with van der Waals surface area (Å²) in [5.74, 6) is 0. The lowest BCUT2D eigenvalue weighted by molar-refractivity contribution is 0.0787. The minimum Gasteiger partial charge on any atom is -0.390 e. The quantitative estimate of drug-likeness (QED) is 0.716. The molecule has 0 aromatic carbocycles. The third-order valence-electron chi connectivity index (χ3n) is 1.87. The molecule has 1 aromatic heterocycles. The number of aliphatic hydroxyl groups is 1. The Kier molecular flexibility index (Phi) is 2.24. The van der Waals surface area contributed by atoms with E-state index in [0.29, 0.717) is 6.42 Å². The van der Waals surface area contributed by atoms with E-state index in [2.05, 4.69) is 5.10 Å². The predicted molar refractivity (Wildman–Crippen MR) is 47.9 cm³/mol. The smallest absolute Gasteiger partial charge is 0.0646 e. The second kappa shape index (κ2) is 2.90. The molecule has 1 aromatic rings. The van der Waals surface area contributed by atoms with E-state index in [4.69, 9.17) is 0 Å². The molecule has 0 unspecified atom stereocenters. The highest BCUT2D eigenvalue weighted by Crippen LogP contribution is 2.14. The van der Waals surface area contributed by atoms with Gasteiger partial charge in [-0.25, -0.2) is 0 Å². The average Bonchev–Trinajstić information content (AvgIpc) is 2.16. The van der Waals surface area contributed by atoms with Crippen LogP contribution < -0.4 is 0 Å². The van der Waals surface area contributed by atoms with Gasteiger partial charge in [-0.1, -0.05) is 0 Å². The summed E-state index contributed by atoms with van der Waals surface area (Å²) < 4.78 is 1.81. The molecule has 0 amide bonds. The maximum Gasteiger partial charge on any atom is 0.0646 e. The third-order valence-corrected chi connectivity index (χ3v) is 1.87. The van der Waals surface area contributed by atoms with Crippen LogP contribution in [0.5, 0.6) is 0 Å². The van der Waals surface area contributed by atoms with Crippen LogP contribution in [0.1, 0.15) is 25.1 Å². The Labute approximate surface area is 73.0 Å². The van der Waals surface area contributed by atoms with Gasteiger partial charge in [0.15, 0.2) is 0 Å². The van der Waals surface area contributed by atoms with E-state index in [0.717, 1.165) is 11.3 Å². The summed E-state index contributed by atoms with van der Waals surface area (Å²) in [4.78, 5) is 0. The Morgan fingerprint density at radius 2 is 2.17 bits per heavy atom. The maximum atomic E-state index is 9.60. The molecule has 0 aliphatic rings. The maximum absolute atomic E-state index is 9.60. The first kappa shape index (κ1) is 9.26. The SMILES string of the molecule is Cc1cnn(C)c1CC(C)(C)O. The number of hydrogen-bond acceptors (Lipinski definition) is 2. The fourth-order valence-electron chi connectivity index (χ4n) is 1.24. The molecule has 1 N–H and O–H groups in total. The molecule has 0 bridgehead atoms. The summed E-state index contributed by atoms with van der Waals surface area (Å²) in [6.07, 6.45) is 2.47. The number of hydrogen-bond donors (Lipinski definition) is 1. The molecule has 0 aliphatic carbocycles. The van der Waals surface area contributed by atoms with Crippen molar-refractivity contribution in [3.05, 3.63) is 17.5 Å². The molecule has 0 radical (unpaired) electrons. The van der Waals surface area contributed by atoms with Crippen molar-refractivity contribution in [1.29, 1.82) is 0 Å². The highest BCUT2D eigenvalue weighted by molar-refractivity contribution is 5.16. The largest absolute Gasteiger partial charge is 0.390 e. The van der Waals surface area contributed by atoms with Crippen LogP contribution in [-0.2, 0) is 13.5 Å². The van der Waals surface area contributed by atoms with Gasteiger partial charge in [-0.2, -0.15) is 5.10 Å². The van der Waals surface area contributed by atoms with Crippen LogP contribution in [0.2, 0.25) is 0 Å². The van der Waals surface area contributed by atoms with Crippen LogP contribution in [0, 0.1) is 6.92 Å². The van der Waals surface area contributed by atoms with E-state index >= 15 is 0 Å². The van der Waals surface area contributed by atoms with Gasteiger partial charge in [0.2, 0.25) is 0 Å². The standard InChI is InChI=1S/C9H16N2O/c1-7-6-10-11(4)8(7)5-9(2,3)12/h6,12H,5H2,1-4H3. The van der Waals surface area contributed by atoms with Crippen molar-refractivity contribution in [2.24, 2.45) is 7.05 Å². The summed E-state index contributed by atoms with van der Waals surface area (Å²) in [5, 5.41) is 13.7. The van der Waals surface area contributed by atoms with Gasteiger partial charge in [0, 0.05) is 19.2 Å². The molecule has 0 spiro atoms. The third kappa shape index (κ3) is 2.08. The fraction of sp³-hybridized carbons (Fsp3) is 0.667. The summed E-state index contributed by atoms with van der Waals surface area (Å²) in [7, 11) is 1.90. The Hall–Kier alpha value is -0.830. The normalized spacial score (nSPS) is 12.1. The van der Waals surface area contributed by atoms with Gasteiger partial charge in [-0.05, 0) is 26.3 Å². The molecule has 3 nitrogen and oxygen atoms in total. The van der Waals surface area contributed by atoms with Gasteiger partial charge in [0.1, 0.15) is 0 Å². The molecule has 1 rings (SSSR count). The molecule has 0 atom stereocenters. The lowest BCUT2D eigenvalue weighted by Gasteiger charge is -2.17. The van der Waals surface area contributed by atoms with Gasteiger partial charge in [0.25, 0.3) is 0 Å². The summed E-state index contributed by atoms with van der Waals surface area (Å²) >= 11 is 0. The van der Waals surface area contributed by atoms with E-state index in [1.807, 2.05) is 24.9 Å². The zero-order valence-electron chi connectivity index (χ0n) is 8.13. The van der Waals surface area contributed by atoms with Crippen LogP contribution >= 0.6 is 0 Å². The lowest BCUT2D eigenvalue weighted by Crippen LogP contribution is -2.24. The number of rotatable bonds is 2. The molecule has 0 aliphatic heterocycles. The molecule has 3 heteroatoms. The number of aryl methyl sites for hydroxylation is 2. The zero-order valence-corrected chi connectivity index (χ0v) is 8.13. The summed E-state index contributed by atoms with van der Waals surface area (Å²) in [6.45, 7) is 5.62. The number of nitrogens with zero attached hydrogens (tertiary/aromatic N) is 2. The minimum absolute atomic E-state index is 0.648. The van der Waals surface area contributed by atoms with Crippen LogP contribution in [0.25, 0.3) is 0 Å². The highest BCUT2D eigenvalue weighted by Gasteiger charge is 2.17. The molecule has 12 heavy (non-hydrogen) atoms. The molecular weight excluding hydrogens is 152 g/mol. The first-order valence-electron chi connectivity index (χ1n) is 4.10. The van der Waals surface area contributed by atoms with Crippen molar-refractivity contribution < 1.29 is 5.11 Å². The molecule has 68 valence electrons. The molecule has 0 saturated heterocycles. The molecular formula is C9H16N2O. The topological polar surface area (TPSA) is 38.0 Å². The summed E-state index contributed by atoms with van der Waals surface area (Å²) in [6, 6.07) is 0. The monoisotopic (exact) mass is 168 g/mol. The van der Waals surface area contributed by atoms with Crippen molar-refractivity contribution in [2.45, 2.75) is 32.8 Å². The second-order valence-electron chi connectivity index (χ2n) is 3.89. The summed E-state index contributed by atoms with van der Waals surface area (Å²) in [5.41, 5.74) is 1.58. The lowest BCUT2D eigenvalue weighted by atomic mass is 10.0. The van der Waals surface area contributed by atoms with Gasteiger partial charge < -0.3 is 5.11 Å². The van der Waals surface area contributed by atoms with Crippen molar-refractivity contribution in [3.8, 4) is 0 Å². The number of aromatic nitrogens is 2. The second-order valence-corrected chi connectivity index (χ2v) is 3.89. The molecule has 0 saturated carbocycles. The Morgan fingerprint density at radius 1 is 1.58 bits per heavy atom. The van der Waals surface area contributed by atoms with Crippen LogP contribution in [0.15, 0.2) is 6.20 Å². The van der Waals surface area contributed by atoms with Crippen LogP contribution in [0.4, 0.5) is 0 Å². The van der Waals surface area contributed by atoms with Crippen LogP contribution in [-0.4, -0.2) is 20.5 Å². The minimum atomic E-state index is -0.654. The van der Waals surface area contributed by atoms with Crippen molar-refractivity contribution >= 4 is 0 Å². The Balaban J connectivity index is 2.88. The first-order valence-corrected chi connectivity index (χ1v) is 4.10. The predicted octanol–water partition coefficient (Wildman–Crippen LogP) is 1.04. The van der Waals surface area contributed by atoms with Crippen LogP contribution in [0.3, 0.4) is 0 Å². The Bertz CT molecular complexity index is 251. The highest BCUT2D eigenvalue weighted by atomic mass is 16.3. The van der Waals surface area contributed by atoms with E-state index < -0.39 is 5.60 Å². The molecule has 1 heterocycles. The van der Waals surface area contributed by atoms with E-state index in [9.17, 15) is 5.11 Å². The molecule has 0 fully saturated rings. The van der Waals surface area contributed by atoms with Gasteiger partial charge in [0.05, 0.1) is 11.8 Å². The average molecular weight is 168 g/mol.